The molecule has 1 amide bonds. The molecule has 5 heteroatoms. The summed E-state index contributed by atoms with van der Waals surface area (Å²) in [4.78, 5) is 13.9. The van der Waals surface area contributed by atoms with Crippen LogP contribution in [0, 0.1) is 2.88 Å². The van der Waals surface area contributed by atoms with Crippen molar-refractivity contribution >= 4 is 39.8 Å². The molecule has 2 rings (SSSR count). The number of thiophene rings is 1. The van der Waals surface area contributed by atoms with E-state index in [9.17, 15) is 4.79 Å². The molecular weight excluding hydrogens is 325 g/mol. The number of ether oxygens (including phenoxy) is 1. The Labute approximate surface area is 107 Å². The highest BCUT2D eigenvalue weighted by molar-refractivity contribution is 14.1. The van der Waals surface area contributed by atoms with Gasteiger partial charge in [0, 0.05) is 25.1 Å². The summed E-state index contributed by atoms with van der Waals surface area (Å²) < 4.78 is 6.48. The van der Waals surface area contributed by atoms with Crippen LogP contribution in [0.3, 0.4) is 0 Å². The van der Waals surface area contributed by atoms with Crippen molar-refractivity contribution in [3.05, 3.63) is 19.9 Å². The minimum atomic E-state index is 0.139. The third-order valence-electron chi connectivity index (χ3n) is 2.32. The zero-order valence-electron chi connectivity index (χ0n) is 8.24. The first-order valence-corrected chi connectivity index (χ1v) is 6.84. The van der Waals surface area contributed by atoms with E-state index in [1.807, 2.05) is 16.3 Å². The highest BCUT2D eigenvalue weighted by Gasteiger charge is 2.18. The standard InChI is InChI=1S/C10H12INO2S/c11-9-6-8(7-15-9)10(13)12-2-1-4-14-5-3-12/h6-7H,1-5H2. The summed E-state index contributed by atoms with van der Waals surface area (Å²) in [7, 11) is 0. The Balaban J connectivity index is 2.06. The van der Waals surface area contributed by atoms with E-state index < -0.39 is 0 Å². The van der Waals surface area contributed by atoms with Gasteiger partial charge in [0.2, 0.25) is 0 Å². The molecule has 0 unspecified atom stereocenters. The van der Waals surface area contributed by atoms with E-state index >= 15 is 0 Å². The highest BCUT2D eigenvalue weighted by atomic mass is 127. The molecule has 0 aromatic carbocycles. The van der Waals surface area contributed by atoms with Crippen molar-refractivity contribution in [3.8, 4) is 0 Å². The number of halogens is 1. The Bertz CT molecular complexity index is 345. The maximum absolute atomic E-state index is 12.0. The zero-order valence-corrected chi connectivity index (χ0v) is 11.2. The second-order valence-corrected chi connectivity index (χ2v) is 6.20. The van der Waals surface area contributed by atoms with Gasteiger partial charge in [-0.25, -0.2) is 0 Å². The van der Waals surface area contributed by atoms with Crippen molar-refractivity contribution in [3.63, 3.8) is 0 Å². The molecule has 82 valence electrons. The smallest absolute Gasteiger partial charge is 0.254 e. The first-order chi connectivity index (χ1) is 7.27. The third kappa shape index (κ3) is 2.92. The number of nitrogens with zero attached hydrogens (tertiary/aromatic N) is 1. The predicted octanol–water partition coefficient (Wildman–Crippen LogP) is 2.22. The fourth-order valence-electron chi connectivity index (χ4n) is 1.55. The SMILES string of the molecule is O=C(c1csc(I)c1)N1CCCOCC1. The van der Waals surface area contributed by atoms with Crippen LogP contribution in [-0.2, 0) is 4.74 Å². The van der Waals surface area contributed by atoms with Gasteiger partial charge in [0.05, 0.1) is 15.1 Å². The first-order valence-electron chi connectivity index (χ1n) is 4.88. The molecule has 1 aromatic rings. The molecule has 1 aliphatic rings. The van der Waals surface area contributed by atoms with Crippen molar-refractivity contribution in [2.24, 2.45) is 0 Å². The van der Waals surface area contributed by atoms with Crippen LogP contribution in [0.15, 0.2) is 11.4 Å². The summed E-state index contributed by atoms with van der Waals surface area (Å²) >= 11 is 3.85. The van der Waals surface area contributed by atoms with Crippen LogP contribution in [0.4, 0.5) is 0 Å². The summed E-state index contributed by atoms with van der Waals surface area (Å²) in [6, 6.07) is 1.94. The number of carbonyl (C=O) groups is 1. The van der Waals surface area contributed by atoms with Gasteiger partial charge in [0.15, 0.2) is 0 Å². The van der Waals surface area contributed by atoms with Gasteiger partial charge in [-0.2, -0.15) is 0 Å². The van der Waals surface area contributed by atoms with Crippen LogP contribution < -0.4 is 0 Å². The van der Waals surface area contributed by atoms with Gasteiger partial charge in [-0.05, 0) is 35.1 Å². The van der Waals surface area contributed by atoms with Crippen molar-refractivity contribution in [2.75, 3.05) is 26.3 Å². The monoisotopic (exact) mass is 337 g/mol. The quantitative estimate of drug-likeness (QED) is 0.736. The van der Waals surface area contributed by atoms with Crippen LogP contribution >= 0.6 is 33.9 Å². The average molecular weight is 337 g/mol. The highest BCUT2D eigenvalue weighted by Crippen LogP contribution is 2.18. The van der Waals surface area contributed by atoms with Crippen molar-refractivity contribution < 1.29 is 9.53 Å². The van der Waals surface area contributed by atoms with Crippen LogP contribution in [0.5, 0.6) is 0 Å². The molecule has 0 N–H and O–H groups in total. The maximum atomic E-state index is 12.0. The van der Waals surface area contributed by atoms with Crippen LogP contribution in [0.25, 0.3) is 0 Å². The van der Waals surface area contributed by atoms with Gasteiger partial charge in [0.1, 0.15) is 0 Å². The van der Waals surface area contributed by atoms with Crippen LogP contribution in [0.2, 0.25) is 0 Å². The molecule has 0 saturated carbocycles. The second-order valence-electron chi connectivity index (χ2n) is 3.40. The van der Waals surface area contributed by atoms with E-state index in [2.05, 4.69) is 22.6 Å². The number of hydrogen-bond acceptors (Lipinski definition) is 3. The number of carbonyl (C=O) groups excluding carboxylic acids is 1. The molecule has 0 spiro atoms. The first kappa shape index (κ1) is 11.3. The lowest BCUT2D eigenvalue weighted by molar-refractivity contribution is 0.0742. The largest absolute Gasteiger partial charge is 0.380 e. The minimum Gasteiger partial charge on any atom is -0.380 e. The zero-order chi connectivity index (χ0) is 10.7. The summed E-state index contributed by atoms with van der Waals surface area (Å²) in [5.41, 5.74) is 0.811. The van der Waals surface area contributed by atoms with Gasteiger partial charge in [-0.3, -0.25) is 4.79 Å². The Morgan fingerprint density at radius 3 is 3.07 bits per heavy atom. The van der Waals surface area contributed by atoms with E-state index in [0.717, 1.165) is 28.0 Å². The van der Waals surface area contributed by atoms with Crippen LogP contribution in [-0.4, -0.2) is 37.1 Å². The molecule has 1 aliphatic heterocycles. The Hall–Kier alpha value is -0.140. The van der Waals surface area contributed by atoms with Crippen molar-refractivity contribution in [1.29, 1.82) is 0 Å². The lowest BCUT2D eigenvalue weighted by Gasteiger charge is -2.18. The molecule has 0 radical (unpaired) electrons. The van der Waals surface area contributed by atoms with Gasteiger partial charge >= 0.3 is 0 Å². The van der Waals surface area contributed by atoms with Crippen molar-refractivity contribution in [2.45, 2.75) is 6.42 Å². The maximum Gasteiger partial charge on any atom is 0.254 e. The molecule has 3 nitrogen and oxygen atoms in total. The Kier molecular flexibility index (Phi) is 3.99. The van der Waals surface area contributed by atoms with Gasteiger partial charge < -0.3 is 9.64 Å². The molecule has 1 saturated heterocycles. The molecule has 15 heavy (non-hydrogen) atoms. The molecule has 0 atom stereocenters. The Morgan fingerprint density at radius 1 is 1.47 bits per heavy atom. The third-order valence-corrected chi connectivity index (χ3v) is 4.11. The van der Waals surface area contributed by atoms with E-state index in [-0.39, 0.29) is 5.91 Å². The molecule has 1 aromatic heterocycles. The van der Waals surface area contributed by atoms with E-state index in [1.165, 1.54) is 0 Å². The lowest BCUT2D eigenvalue weighted by atomic mass is 10.3. The summed E-state index contributed by atoms with van der Waals surface area (Å²) in [5, 5.41) is 1.93. The van der Waals surface area contributed by atoms with Gasteiger partial charge in [-0.15, -0.1) is 11.3 Å². The molecular formula is C10H12INO2S. The molecule has 0 bridgehead atoms. The normalized spacial score (nSPS) is 17.5. The molecule has 1 fully saturated rings. The second kappa shape index (κ2) is 5.27. The summed E-state index contributed by atoms with van der Waals surface area (Å²) in [5.74, 6) is 0.139. The van der Waals surface area contributed by atoms with Gasteiger partial charge in [0.25, 0.3) is 5.91 Å². The number of hydrogen-bond donors (Lipinski definition) is 0. The van der Waals surface area contributed by atoms with E-state index in [4.69, 9.17) is 4.74 Å². The fraction of sp³-hybridized carbons (Fsp3) is 0.500. The fourth-order valence-corrected chi connectivity index (χ4v) is 2.87. The van der Waals surface area contributed by atoms with Gasteiger partial charge in [-0.1, -0.05) is 0 Å². The van der Waals surface area contributed by atoms with Crippen molar-refractivity contribution in [1.82, 2.24) is 4.90 Å². The predicted molar refractivity (Wildman–Crippen MR) is 68.4 cm³/mol. The number of rotatable bonds is 1. The lowest BCUT2D eigenvalue weighted by Crippen LogP contribution is -2.32. The molecule has 2 heterocycles. The minimum absolute atomic E-state index is 0.139. The summed E-state index contributed by atoms with van der Waals surface area (Å²) in [6.45, 7) is 2.95. The van der Waals surface area contributed by atoms with Crippen LogP contribution in [0.1, 0.15) is 16.8 Å². The molecule has 0 aliphatic carbocycles. The van der Waals surface area contributed by atoms with E-state index in [1.54, 1.807) is 11.3 Å². The topological polar surface area (TPSA) is 29.5 Å². The summed E-state index contributed by atoms with van der Waals surface area (Å²) in [6.07, 6.45) is 0.937. The number of amides is 1. The average Bonchev–Trinajstić information content (AvgIpc) is 2.53. The Morgan fingerprint density at radius 2 is 2.33 bits per heavy atom. The van der Waals surface area contributed by atoms with E-state index in [0.29, 0.717) is 13.2 Å².